The van der Waals surface area contributed by atoms with Crippen LogP contribution in [0, 0.1) is 0 Å². The van der Waals surface area contributed by atoms with E-state index in [1.54, 1.807) is 6.20 Å². The van der Waals surface area contributed by atoms with E-state index in [4.69, 9.17) is 4.74 Å². The molecule has 0 saturated carbocycles. The van der Waals surface area contributed by atoms with Gasteiger partial charge in [-0.05, 0) is 22.4 Å². The first-order valence-corrected chi connectivity index (χ1v) is 4.46. The summed E-state index contributed by atoms with van der Waals surface area (Å²) in [6.45, 7) is 1.51. The second-order valence-corrected chi connectivity index (χ2v) is 3.43. The highest BCUT2D eigenvalue weighted by Gasteiger charge is 2.11. The van der Waals surface area contributed by atoms with Crippen LogP contribution in [0.1, 0.15) is 6.42 Å². The molecule has 0 aromatic carbocycles. The van der Waals surface area contributed by atoms with Gasteiger partial charge in [0.05, 0.1) is 6.61 Å². The minimum Gasteiger partial charge on any atom is -0.465 e. The second kappa shape index (κ2) is 2.90. The maximum Gasteiger partial charge on any atom is 0.299 e. The molecule has 1 aliphatic rings. The highest BCUT2D eigenvalue weighted by atomic mass is 79.9. The second-order valence-electron chi connectivity index (χ2n) is 2.57. The smallest absolute Gasteiger partial charge is 0.299 e. The number of hydrogen-bond acceptors (Lipinski definition) is 3. The van der Waals surface area contributed by atoms with Gasteiger partial charge >= 0.3 is 0 Å². The SMILES string of the molecule is O=c1nc2n(cc1Br)CCCO2. The van der Waals surface area contributed by atoms with Crippen LogP contribution in [-0.2, 0) is 6.54 Å². The minimum atomic E-state index is -0.275. The molecule has 5 heteroatoms. The molecule has 0 fully saturated rings. The van der Waals surface area contributed by atoms with Gasteiger partial charge in [0, 0.05) is 12.7 Å². The molecule has 0 amide bonds. The number of halogens is 1. The van der Waals surface area contributed by atoms with Crippen molar-refractivity contribution in [2.45, 2.75) is 13.0 Å². The Kier molecular flexibility index (Phi) is 1.88. The van der Waals surface area contributed by atoms with Gasteiger partial charge in [0.1, 0.15) is 4.47 Å². The van der Waals surface area contributed by atoms with Crippen LogP contribution >= 0.6 is 15.9 Å². The molecular weight excluding hydrogens is 224 g/mol. The lowest BCUT2D eigenvalue weighted by molar-refractivity contribution is 0.224. The molecule has 0 bridgehead atoms. The first-order valence-electron chi connectivity index (χ1n) is 3.67. The largest absolute Gasteiger partial charge is 0.465 e. The highest BCUT2D eigenvalue weighted by Crippen LogP contribution is 2.14. The average molecular weight is 231 g/mol. The summed E-state index contributed by atoms with van der Waals surface area (Å²) < 4.78 is 7.50. The van der Waals surface area contributed by atoms with E-state index >= 15 is 0 Å². The standard InChI is InChI=1S/C7H7BrN2O2/c8-5-4-10-2-1-3-12-7(10)9-6(5)11/h4H,1-3H2. The number of ether oxygens (including phenoxy) is 1. The van der Waals surface area contributed by atoms with Crippen molar-refractivity contribution in [1.29, 1.82) is 0 Å². The summed E-state index contributed by atoms with van der Waals surface area (Å²) in [6.07, 6.45) is 2.67. The molecule has 0 N–H and O–H groups in total. The number of aryl methyl sites for hydroxylation is 1. The quantitative estimate of drug-likeness (QED) is 0.662. The fourth-order valence-electron chi connectivity index (χ4n) is 1.13. The average Bonchev–Trinajstić information content (AvgIpc) is 2.07. The van der Waals surface area contributed by atoms with E-state index in [9.17, 15) is 4.79 Å². The summed E-state index contributed by atoms with van der Waals surface area (Å²) in [4.78, 5) is 14.8. The molecule has 4 nitrogen and oxygen atoms in total. The van der Waals surface area contributed by atoms with Crippen molar-refractivity contribution in [3.8, 4) is 6.01 Å². The lowest BCUT2D eigenvalue weighted by Crippen LogP contribution is -2.21. The molecule has 2 heterocycles. The fourth-order valence-corrected chi connectivity index (χ4v) is 1.46. The third-order valence-electron chi connectivity index (χ3n) is 1.69. The minimum absolute atomic E-state index is 0.275. The zero-order chi connectivity index (χ0) is 8.55. The predicted octanol–water partition coefficient (Wildman–Crippen LogP) is 0.788. The third kappa shape index (κ3) is 1.24. The van der Waals surface area contributed by atoms with Gasteiger partial charge < -0.3 is 9.30 Å². The zero-order valence-corrected chi connectivity index (χ0v) is 7.87. The van der Waals surface area contributed by atoms with Crippen LogP contribution in [0.25, 0.3) is 0 Å². The van der Waals surface area contributed by atoms with E-state index in [1.165, 1.54) is 0 Å². The summed E-state index contributed by atoms with van der Waals surface area (Å²) in [5, 5.41) is 0. The van der Waals surface area contributed by atoms with Gasteiger partial charge in [0.25, 0.3) is 11.6 Å². The van der Waals surface area contributed by atoms with Crippen molar-refractivity contribution in [2.24, 2.45) is 0 Å². The lowest BCUT2D eigenvalue weighted by atomic mass is 10.4. The Balaban J connectivity index is 2.56. The van der Waals surface area contributed by atoms with Crippen LogP contribution in [0.15, 0.2) is 15.5 Å². The van der Waals surface area contributed by atoms with Crippen LogP contribution in [0.2, 0.25) is 0 Å². The zero-order valence-electron chi connectivity index (χ0n) is 6.29. The normalized spacial score (nSPS) is 15.1. The van der Waals surface area contributed by atoms with E-state index in [1.807, 2.05) is 4.57 Å². The summed E-state index contributed by atoms with van der Waals surface area (Å²) >= 11 is 3.12. The molecule has 0 atom stereocenters. The van der Waals surface area contributed by atoms with Crippen LogP contribution in [0.3, 0.4) is 0 Å². The molecule has 0 aliphatic carbocycles. The molecular formula is C7H7BrN2O2. The molecule has 64 valence electrons. The lowest BCUT2D eigenvalue weighted by Gasteiger charge is -2.17. The molecule has 0 saturated heterocycles. The molecule has 1 aromatic rings. The van der Waals surface area contributed by atoms with Gasteiger partial charge in [-0.1, -0.05) is 0 Å². The van der Waals surface area contributed by atoms with E-state index < -0.39 is 0 Å². The van der Waals surface area contributed by atoms with Gasteiger partial charge in [-0.2, -0.15) is 4.98 Å². The Morgan fingerprint density at radius 2 is 2.50 bits per heavy atom. The van der Waals surface area contributed by atoms with E-state index in [-0.39, 0.29) is 5.56 Å². The Bertz CT molecular complexity index is 361. The van der Waals surface area contributed by atoms with Gasteiger partial charge in [0.15, 0.2) is 0 Å². The summed E-state index contributed by atoms with van der Waals surface area (Å²) in [7, 11) is 0. The van der Waals surface area contributed by atoms with E-state index in [0.29, 0.717) is 17.1 Å². The Morgan fingerprint density at radius 1 is 1.67 bits per heavy atom. The molecule has 1 aromatic heterocycles. The molecule has 12 heavy (non-hydrogen) atoms. The number of aromatic nitrogens is 2. The monoisotopic (exact) mass is 230 g/mol. The maximum absolute atomic E-state index is 11.0. The molecule has 0 radical (unpaired) electrons. The fraction of sp³-hybridized carbons (Fsp3) is 0.429. The molecule has 2 rings (SSSR count). The number of nitrogens with zero attached hydrogens (tertiary/aromatic N) is 2. The first-order chi connectivity index (χ1) is 5.77. The first kappa shape index (κ1) is 7.79. The Labute approximate surface area is 77.3 Å². The highest BCUT2D eigenvalue weighted by molar-refractivity contribution is 9.10. The summed E-state index contributed by atoms with van der Waals surface area (Å²) in [5.41, 5.74) is -0.275. The van der Waals surface area contributed by atoms with Crippen molar-refractivity contribution in [2.75, 3.05) is 6.61 Å². The topological polar surface area (TPSA) is 44.1 Å². The number of hydrogen-bond donors (Lipinski definition) is 0. The number of rotatable bonds is 0. The van der Waals surface area contributed by atoms with Crippen molar-refractivity contribution in [3.05, 3.63) is 21.0 Å². The van der Waals surface area contributed by atoms with Crippen LogP contribution in [0.5, 0.6) is 6.01 Å². The van der Waals surface area contributed by atoms with Crippen LogP contribution < -0.4 is 10.3 Å². The van der Waals surface area contributed by atoms with Gasteiger partial charge in [-0.25, -0.2) is 0 Å². The van der Waals surface area contributed by atoms with E-state index in [2.05, 4.69) is 20.9 Å². The molecule has 0 unspecified atom stereocenters. The number of fused-ring (bicyclic) bond motifs is 1. The van der Waals surface area contributed by atoms with Crippen molar-refractivity contribution >= 4 is 15.9 Å². The Hall–Kier alpha value is -0.840. The van der Waals surface area contributed by atoms with Crippen LogP contribution in [-0.4, -0.2) is 16.2 Å². The van der Waals surface area contributed by atoms with Crippen molar-refractivity contribution < 1.29 is 4.74 Å². The van der Waals surface area contributed by atoms with Gasteiger partial charge in [0.2, 0.25) is 0 Å². The van der Waals surface area contributed by atoms with E-state index in [0.717, 1.165) is 13.0 Å². The van der Waals surface area contributed by atoms with Gasteiger partial charge in [-0.15, -0.1) is 0 Å². The van der Waals surface area contributed by atoms with Crippen LogP contribution in [0.4, 0.5) is 0 Å². The third-order valence-corrected chi connectivity index (χ3v) is 2.23. The summed E-state index contributed by atoms with van der Waals surface area (Å²) in [6, 6.07) is 0.425. The predicted molar refractivity (Wildman–Crippen MR) is 46.3 cm³/mol. The summed E-state index contributed by atoms with van der Waals surface area (Å²) in [5.74, 6) is 0. The molecule has 0 spiro atoms. The van der Waals surface area contributed by atoms with Gasteiger partial charge in [-0.3, -0.25) is 4.79 Å². The van der Waals surface area contributed by atoms with Crippen molar-refractivity contribution in [3.63, 3.8) is 0 Å². The Morgan fingerprint density at radius 3 is 3.33 bits per heavy atom. The maximum atomic E-state index is 11.0. The molecule has 1 aliphatic heterocycles. The van der Waals surface area contributed by atoms with Crippen molar-refractivity contribution in [1.82, 2.24) is 9.55 Å².